The van der Waals surface area contributed by atoms with Crippen molar-refractivity contribution >= 4 is 10.9 Å². The van der Waals surface area contributed by atoms with Crippen LogP contribution in [-0.4, -0.2) is 22.6 Å². The molecule has 5 heteroatoms. The summed E-state index contributed by atoms with van der Waals surface area (Å²) in [6.45, 7) is 1.48. The van der Waals surface area contributed by atoms with Gasteiger partial charge in [0.05, 0.1) is 17.9 Å². The molecule has 2 heterocycles. The summed E-state index contributed by atoms with van der Waals surface area (Å²) in [6, 6.07) is 4.58. The lowest BCUT2D eigenvalue weighted by Gasteiger charge is -2.28. The van der Waals surface area contributed by atoms with Crippen LogP contribution in [0.1, 0.15) is 6.04 Å². The zero-order valence-electron chi connectivity index (χ0n) is 8.48. The van der Waals surface area contributed by atoms with E-state index in [2.05, 4.69) is 10.3 Å². The standard InChI is InChI=1S/C11H10FN3O/c12-8-2-1-3-9-10(8)11(16)15(6-14-9)7-4-13-5-7/h1-3,6-7,13H,4-5H2. The van der Waals surface area contributed by atoms with E-state index in [-0.39, 0.29) is 17.0 Å². The summed E-state index contributed by atoms with van der Waals surface area (Å²) in [5.74, 6) is -0.503. The minimum absolute atomic E-state index is 0.0805. The molecule has 3 rings (SSSR count). The minimum atomic E-state index is -0.503. The van der Waals surface area contributed by atoms with E-state index in [1.165, 1.54) is 17.0 Å². The SMILES string of the molecule is O=c1c2c(F)cccc2ncn1C1CNC1. The molecule has 1 fully saturated rings. The molecular weight excluding hydrogens is 209 g/mol. The van der Waals surface area contributed by atoms with Gasteiger partial charge in [-0.05, 0) is 12.1 Å². The number of nitrogens with one attached hydrogen (secondary N) is 1. The molecule has 0 atom stereocenters. The number of fused-ring (bicyclic) bond motifs is 1. The first kappa shape index (κ1) is 9.47. The lowest BCUT2D eigenvalue weighted by molar-refractivity contribution is 0.334. The molecular formula is C11H10FN3O. The van der Waals surface area contributed by atoms with Gasteiger partial charge in [0.15, 0.2) is 0 Å². The second-order valence-corrected chi connectivity index (χ2v) is 3.90. The Kier molecular flexibility index (Phi) is 2.00. The molecule has 16 heavy (non-hydrogen) atoms. The molecule has 0 bridgehead atoms. The first-order valence-electron chi connectivity index (χ1n) is 5.13. The zero-order chi connectivity index (χ0) is 11.1. The van der Waals surface area contributed by atoms with E-state index >= 15 is 0 Å². The largest absolute Gasteiger partial charge is 0.313 e. The molecule has 1 saturated heterocycles. The van der Waals surface area contributed by atoms with Crippen molar-refractivity contribution in [3.05, 3.63) is 40.7 Å². The number of nitrogens with zero attached hydrogens (tertiary/aromatic N) is 2. The van der Waals surface area contributed by atoms with Crippen LogP contribution in [0.5, 0.6) is 0 Å². The molecule has 2 aromatic rings. The second kappa shape index (κ2) is 3.38. The van der Waals surface area contributed by atoms with Gasteiger partial charge < -0.3 is 5.32 Å². The molecule has 1 N–H and O–H groups in total. The van der Waals surface area contributed by atoms with E-state index in [0.29, 0.717) is 5.52 Å². The van der Waals surface area contributed by atoms with E-state index in [1.54, 1.807) is 12.1 Å². The monoisotopic (exact) mass is 219 g/mol. The third kappa shape index (κ3) is 1.25. The predicted octanol–water partition coefficient (Wildman–Crippen LogP) is 0.680. The van der Waals surface area contributed by atoms with Gasteiger partial charge in [-0.25, -0.2) is 9.37 Å². The van der Waals surface area contributed by atoms with Gasteiger partial charge in [0.25, 0.3) is 5.56 Å². The number of hydrogen-bond donors (Lipinski definition) is 1. The van der Waals surface area contributed by atoms with Crippen LogP contribution in [0, 0.1) is 5.82 Å². The number of rotatable bonds is 1. The molecule has 0 unspecified atom stereocenters. The molecule has 0 spiro atoms. The van der Waals surface area contributed by atoms with Crippen molar-refractivity contribution in [2.45, 2.75) is 6.04 Å². The maximum atomic E-state index is 13.5. The van der Waals surface area contributed by atoms with Crippen LogP contribution in [0.3, 0.4) is 0 Å². The second-order valence-electron chi connectivity index (χ2n) is 3.90. The fraction of sp³-hybridized carbons (Fsp3) is 0.273. The van der Waals surface area contributed by atoms with Gasteiger partial charge in [-0.3, -0.25) is 9.36 Å². The molecule has 1 aliphatic rings. The molecule has 1 aliphatic heterocycles. The molecule has 4 nitrogen and oxygen atoms in total. The highest BCUT2D eigenvalue weighted by Crippen LogP contribution is 2.13. The van der Waals surface area contributed by atoms with Gasteiger partial charge in [-0.2, -0.15) is 0 Å². The highest BCUT2D eigenvalue weighted by atomic mass is 19.1. The van der Waals surface area contributed by atoms with Gasteiger partial charge in [0.1, 0.15) is 11.2 Å². The van der Waals surface area contributed by atoms with E-state index < -0.39 is 5.82 Å². The Hall–Kier alpha value is -1.75. The van der Waals surface area contributed by atoms with Gasteiger partial charge >= 0.3 is 0 Å². The van der Waals surface area contributed by atoms with E-state index in [9.17, 15) is 9.18 Å². The van der Waals surface area contributed by atoms with Crippen LogP contribution < -0.4 is 10.9 Å². The molecule has 0 amide bonds. The lowest BCUT2D eigenvalue weighted by atomic mass is 10.1. The van der Waals surface area contributed by atoms with Crippen LogP contribution in [0.2, 0.25) is 0 Å². The smallest absolute Gasteiger partial charge is 0.264 e. The zero-order valence-corrected chi connectivity index (χ0v) is 8.48. The maximum absolute atomic E-state index is 13.5. The Morgan fingerprint density at radius 1 is 1.44 bits per heavy atom. The molecule has 0 aliphatic carbocycles. The first-order chi connectivity index (χ1) is 7.77. The van der Waals surface area contributed by atoms with Gasteiger partial charge in [-0.1, -0.05) is 6.07 Å². The van der Waals surface area contributed by atoms with Crippen LogP contribution in [0.4, 0.5) is 4.39 Å². The van der Waals surface area contributed by atoms with Crippen molar-refractivity contribution in [2.75, 3.05) is 13.1 Å². The average molecular weight is 219 g/mol. The van der Waals surface area contributed by atoms with Crippen LogP contribution in [0.15, 0.2) is 29.3 Å². The van der Waals surface area contributed by atoms with Crippen LogP contribution >= 0.6 is 0 Å². The third-order valence-corrected chi connectivity index (χ3v) is 2.91. The number of hydrogen-bond acceptors (Lipinski definition) is 3. The molecule has 82 valence electrons. The first-order valence-corrected chi connectivity index (χ1v) is 5.13. The number of benzene rings is 1. The summed E-state index contributed by atoms with van der Waals surface area (Å²) in [7, 11) is 0. The highest BCUT2D eigenvalue weighted by molar-refractivity contribution is 5.77. The average Bonchev–Trinajstić information content (AvgIpc) is 2.19. The van der Waals surface area contributed by atoms with Gasteiger partial charge in [0.2, 0.25) is 0 Å². The van der Waals surface area contributed by atoms with Crippen molar-refractivity contribution in [1.82, 2.24) is 14.9 Å². The summed E-state index contributed by atoms with van der Waals surface area (Å²) in [6.07, 6.45) is 1.50. The van der Waals surface area contributed by atoms with E-state index in [1.807, 2.05) is 0 Å². The van der Waals surface area contributed by atoms with Gasteiger partial charge in [-0.15, -0.1) is 0 Å². The summed E-state index contributed by atoms with van der Waals surface area (Å²) in [5, 5.41) is 3.15. The minimum Gasteiger partial charge on any atom is -0.313 e. The van der Waals surface area contributed by atoms with Crippen molar-refractivity contribution in [1.29, 1.82) is 0 Å². The normalized spacial score (nSPS) is 16.3. The molecule has 0 radical (unpaired) electrons. The van der Waals surface area contributed by atoms with Crippen molar-refractivity contribution in [3.8, 4) is 0 Å². The summed E-state index contributed by atoms with van der Waals surface area (Å²) < 4.78 is 15.0. The summed E-state index contributed by atoms with van der Waals surface area (Å²) in [4.78, 5) is 16.1. The van der Waals surface area contributed by atoms with E-state index in [4.69, 9.17) is 0 Å². The number of halogens is 1. The molecule has 1 aromatic carbocycles. The van der Waals surface area contributed by atoms with Crippen molar-refractivity contribution < 1.29 is 4.39 Å². The van der Waals surface area contributed by atoms with Crippen LogP contribution in [-0.2, 0) is 0 Å². The fourth-order valence-electron chi connectivity index (χ4n) is 1.87. The Bertz CT molecular complexity index is 604. The van der Waals surface area contributed by atoms with Crippen LogP contribution in [0.25, 0.3) is 10.9 Å². The Morgan fingerprint density at radius 2 is 2.25 bits per heavy atom. The Labute approximate surface area is 90.7 Å². The number of aromatic nitrogens is 2. The topological polar surface area (TPSA) is 46.9 Å². The quantitative estimate of drug-likeness (QED) is 0.767. The Morgan fingerprint density at radius 3 is 2.94 bits per heavy atom. The van der Waals surface area contributed by atoms with Gasteiger partial charge in [0, 0.05) is 13.1 Å². The van der Waals surface area contributed by atoms with Crippen molar-refractivity contribution in [2.24, 2.45) is 0 Å². The molecule has 1 aromatic heterocycles. The third-order valence-electron chi connectivity index (χ3n) is 2.91. The fourth-order valence-corrected chi connectivity index (χ4v) is 1.87. The highest BCUT2D eigenvalue weighted by Gasteiger charge is 2.21. The van der Waals surface area contributed by atoms with E-state index in [0.717, 1.165) is 13.1 Å². The Balaban J connectivity index is 2.30. The lowest BCUT2D eigenvalue weighted by Crippen LogP contribution is -2.47. The summed E-state index contributed by atoms with van der Waals surface area (Å²) in [5.41, 5.74) is 0.114. The molecule has 0 saturated carbocycles. The maximum Gasteiger partial charge on any atom is 0.264 e. The summed E-state index contributed by atoms with van der Waals surface area (Å²) >= 11 is 0. The predicted molar refractivity (Wildman–Crippen MR) is 57.9 cm³/mol. The van der Waals surface area contributed by atoms with Crippen molar-refractivity contribution in [3.63, 3.8) is 0 Å².